The van der Waals surface area contributed by atoms with Gasteiger partial charge in [-0.2, -0.15) is 0 Å². The Kier molecular flexibility index (Phi) is 6.02. The lowest BCUT2D eigenvalue weighted by Crippen LogP contribution is -2.39. The van der Waals surface area contributed by atoms with Crippen LogP contribution in [0.25, 0.3) is 0 Å². The molecule has 6 heteroatoms. The summed E-state index contributed by atoms with van der Waals surface area (Å²) in [6.07, 6.45) is 4.66. The zero-order valence-corrected chi connectivity index (χ0v) is 16.6. The molecular formula is C21H30N2O4. The minimum atomic E-state index is -0.548. The molecule has 1 aromatic heterocycles. The first-order chi connectivity index (χ1) is 12.9. The highest BCUT2D eigenvalue weighted by molar-refractivity contribution is 5.95. The van der Waals surface area contributed by atoms with Gasteiger partial charge in [-0.3, -0.25) is 9.59 Å². The molecule has 0 spiro atoms. The topological polar surface area (TPSA) is 70.8 Å². The molecule has 2 aliphatic rings. The Morgan fingerprint density at radius 1 is 1.19 bits per heavy atom. The van der Waals surface area contributed by atoms with Crippen LogP contribution in [0.15, 0.2) is 15.3 Å². The molecule has 0 aromatic carbocycles. The van der Waals surface area contributed by atoms with E-state index >= 15 is 0 Å². The number of amides is 2. The summed E-state index contributed by atoms with van der Waals surface area (Å²) in [6, 6.07) is 1.83. The van der Waals surface area contributed by atoms with Crippen molar-refractivity contribution in [3.63, 3.8) is 0 Å². The Hall–Kier alpha value is -2.11. The van der Waals surface area contributed by atoms with Crippen LogP contribution in [0.2, 0.25) is 0 Å². The molecule has 1 saturated heterocycles. The second kappa shape index (κ2) is 8.28. The lowest BCUT2D eigenvalue weighted by molar-refractivity contribution is -0.132. The van der Waals surface area contributed by atoms with Gasteiger partial charge >= 0.3 is 5.63 Å². The molecule has 6 nitrogen and oxygen atoms in total. The fourth-order valence-corrected chi connectivity index (χ4v) is 3.80. The van der Waals surface area contributed by atoms with Crippen molar-refractivity contribution in [2.75, 3.05) is 26.2 Å². The second-order valence-electron chi connectivity index (χ2n) is 7.93. The number of aryl methyl sites for hydroxylation is 1. The molecule has 1 saturated carbocycles. The lowest BCUT2D eigenvalue weighted by Gasteiger charge is -2.22. The Morgan fingerprint density at radius 2 is 1.85 bits per heavy atom. The third-order valence-corrected chi connectivity index (χ3v) is 5.61. The van der Waals surface area contributed by atoms with Crippen molar-refractivity contribution in [1.82, 2.24) is 9.80 Å². The average Bonchev–Trinajstić information content (AvgIpc) is 3.47. The van der Waals surface area contributed by atoms with Gasteiger partial charge in [0.25, 0.3) is 5.91 Å². The zero-order chi connectivity index (χ0) is 19.6. The van der Waals surface area contributed by atoms with E-state index in [1.165, 1.54) is 0 Å². The van der Waals surface area contributed by atoms with Crippen molar-refractivity contribution in [2.24, 2.45) is 5.92 Å². The van der Waals surface area contributed by atoms with Gasteiger partial charge in [0.2, 0.25) is 5.91 Å². The number of hydrogen-bond acceptors (Lipinski definition) is 4. The smallest absolute Gasteiger partial charge is 0.349 e. The fourth-order valence-electron chi connectivity index (χ4n) is 3.80. The van der Waals surface area contributed by atoms with Gasteiger partial charge in [-0.15, -0.1) is 0 Å². The molecular weight excluding hydrogens is 344 g/mol. The maximum absolute atomic E-state index is 13.0. The van der Waals surface area contributed by atoms with E-state index in [4.69, 9.17) is 4.42 Å². The third-order valence-electron chi connectivity index (χ3n) is 5.61. The van der Waals surface area contributed by atoms with Gasteiger partial charge in [0, 0.05) is 38.0 Å². The third kappa shape index (κ3) is 4.42. The van der Waals surface area contributed by atoms with Gasteiger partial charge < -0.3 is 14.2 Å². The highest BCUT2D eigenvalue weighted by Gasteiger charge is 2.34. The van der Waals surface area contributed by atoms with E-state index in [1.54, 1.807) is 11.8 Å². The number of rotatable bonds is 5. The van der Waals surface area contributed by atoms with Crippen LogP contribution in [-0.4, -0.2) is 47.8 Å². The van der Waals surface area contributed by atoms with Gasteiger partial charge in [0.05, 0.1) is 0 Å². The van der Waals surface area contributed by atoms with Gasteiger partial charge in [0.1, 0.15) is 11.3 Å². The molecule has 1 aliphatic heterocycles. The van der Waals surface area contributed by atoms with Crippen LogP contribution in [-0.2, 0) is 4.79 Å². The molecule has 1 atom stereocenters. The minimum absolute atomic E-state index is 0.129. The molecule has 2 fully saturated rings. The van der Waals surface area contributed by atoms with Gasteiger partial charge in [-0.25, -0.2) is 4.79 Å². The summed E-state index contributed by atoms with van der Waals surface area (Å²) >= 11 is 0. The quantitative estimate of drug-likeness (QED) is 0.794. The highest BCUT2D eigenvalue weighted by atomic mass is 16.4. The summed E-state index contributed by atoms with van der Waals surface area (Å²) in [4.78, 5) is 41.4. The maximum Gasteiger partial charge on any atom is 0.349 e. The van der Waals surface area contributed by atoms with Crippen LogP contribution in [0.3, 0.4) is 0 Å². The Bertz CT molecular complexity index is 766. The summed E-state index contributed by atoms with van der Waals surface area (Å²) in [6.45, 7) is 8.16. The summed E-state index contributed by atoms with van der Waals surface area (Å²) in [5, 5.41) is 0. The van der Waals surface area contributed by atoms with E-state index < -0.39 is 5.63 Å². The van der Waals surface area contributed by atoms with Crippen molar-refractivity contribution >= 4 is 11.8 Å². The van der Waals surface area contributed by atoms with Crippen LogP contribution in [0.4, 0.5) is 0 Å². The molecule has 0 bridgehead atoms. The van der Waals surface area contributed by atoms with Gasteiger partial charge in [0.15, 0.2) is 0 Å². The predicted molar refractivity (Wildman–Crippen MR) is 103 cm³/mol. The van der Waals surface area contributed by atoms with Crippen molar-refractivity contribution in [3.05, 3.63) is 33.4 Å². The first-order valence-electron chi connectivity index (χ1n) is 10.1. The molecule has 27 heavy (non-hydrogen) atoms. The normalized spacial score (nSPS) is 18.9. The zero-order valence-electron chi connectivity index (χ0n) is 16.6. The number of nitrogens with zero attached hydrogens (tertiary/aromatic N) is 2. The Morgan fingerprint density at radius 3 is 2.48 bits per heavy atom. The van der Waals surface area contributed by atoms with Crippen LogP contribution in [0, 0.1) is 12.8 Å². The summed E-state index contributed by atoms with van der Waals surface area (Å²) in [5.74, 6) is 0.934. The fraction of sp³-hybridized carbons (Fsp3) is 0.667. The first kappa shape index (κ1) is 19.6. The van der Waals surface area contributed by atoms with E-state index in [1.807, 2.05) is 17.9 Å². The van der Waals surface area contributed by atoms with Crippen LogP contribution in [0.5, 0.6) is 0 Å². The molecule has 2 amide bonds. The minimum Gasteiger partial charge on any atom is -0.427 e. The van der Waals surface area contributed by atoms with Crippen molar-refractivity contribution in [1.29, 1.82) is 0 Å². The van der Waals surface area contributed by atoms with E-state index in [2.05, 4.69) is 6.92 Å². The summed E-state index contributed by atoms with van der Waals surface area (Å²) in [7, 11) is 0. The number of carbonyl (C=O) groups excluding carboxylic acids is 2. The van der Waals surface area contributed by atoms with Crippen molar-refractivity contribution in [2.45, 2.75) is 58.8 Å². The molecule has 1 aliphatic carbocycles. The average molecular weight is 374 g/mol. The highest BCUT2D eigenvalue weighted by Crippen LogP contribution is 2.31. The van der Waals surface area contributed by atoms with E-state index in [9.17, 15) is 14.4 Å². The van der Waals surface area contributed by atoms with Crippen molar-refractivity contribution < 1.29 is 14.0 Å². The van der Waals surface area contributed by atoms with Crippen LogP contribution < -0.4 is 5.63 Å². The van der Waals surface area contributed by atoms with Gasteiger partial charge in [-0.05, 0) is 44.2 Å². The molecule has 0 N–H and O–H groups in total. The maximum atomic E-state index is 13.0. The number of hydrogen-bond donors (Lipinski definition) is 0. The standard InChI is InChI=1S/C21H30N2O4/c1-4-6-14(2)17-13-15(3)18(21(26)27-17)20(25)23-10-5-9-22(11-12-23)19(24)16-7-8-16/h13-14,16H,4-12H2,1-3H3. The van der Waals surface area contributed by atoms with Crippen LogP contribution in [0.1, 0.15) is 73.6 Å². The first-order valence-corrected chi connectivity index (χ1v) is 10.1. The number of carbonyl (C=O) groups is 2. The van der Waals surface area contributed by atoms with E-state index in [-0.39, 0.29) is 29.2 Å². The van der Waals surface area contributed by atoms with E-state index in [0.717, 1.165) is 32.1 Å². The lowest BCUT2D eigenvalue weighted by atomic mass is 10.0. The molecule has 3 rings (SSSR count). The predicted octanol–water partition coefficient (Wildman–Crippen LogP) is 2.94. The molecule has 0 radical (unpaired) electrons. The molecule has 1 unspecified atom stereocenters. The Labute approximate surface area is 160 Å². The van der Waals surface area contributed by atoms with Crippen molar-refractivity contribution in [3.8, 4) is 0 Å². The summed E-state index contributed by atoms with van der Waals surface area (Å²) in [5.41, 5.74) is 0.252. The molecule has 148 valence electrons. The largest absolute Gasteiger partial charge is 0.427 e. The SMILES string of the molecule is CCCC(C)c1cc(C)c(C(=O)N2CCCN(C(=O)C3CC3)CC2)c(=O)o1. The van der Waals surface area contributed by atoms with Gasteiger partial charge in [-0.1, -0.05) is 20.3 Å². The van der Waals surface area contributed by atoms with Crippen LogP contribution >= 0.6 is 0 Å². The second-order valence-corrected chi connectivity index (χ2v) is 7.93. The molecule has 1 aromatic rings. The van der Waals surface area contributed by atoms with E-state index in [0.29, 0.717) is 37.5 Å². The monoisotopic (exact) mass is 374 g/mol. The molecule has 2 heterocycles. The summed E-state index contributed by atoms with van der Waals surface area (Å²) < 4.78 is 5.48. The Balaban J connectivity index is 1.73.